The first kappa shape index (κ1) is 14.9. The molecule has 0 bridgehead atoms. The fourth-order valence-electron chi connectivity index (χ4n) is 2.82. The monoisotopic (exact) mass is 287 g/mol. The van der Waals surface area contributed by atoms with E-state index in [4.69, 9.17) is 0 Å². The predicted octanol–water partition coefficient (Wildman–Crippen LogP) is 3.62. The van der Waals surface area contributed by atoms with E-state index in [1.165, 1.54) is 0 Å². The topological polar surface area (TPSA) is 28.2 Å². The lowest BCUT2D eigenvalue weighted by molar-refractivity contribution is -0.137. The van der Waals surface area contributed by atoms with Crippen LogP contribution in [0.2, 0.25) is 0 Å². The van der Waals surface area contributed by atoms with Crippen molar-refractivity contribution < 1.29 is 13.2 Å². The molecule has 6 heteroatoms. The van der Waals surface area contributed by atoms with Gasteiger partial charge in [0.05, 0.1) is 5.56 Å². The number of rotatable bonds is 2. The number of nitrogens with one attached hydrogen (secondary N) is 1. The summed E-state index contributed by atoms with van der Waals surface area (Å²) in [5.41, 5.74) is -0.655. The van der Waals surface area contributed by atoms with E-state index >= 15 is 0 Å². The Labute approximate surface area is 117 Å². The van der Waals surface area contributed by atoms with Crippen molar-refractivity contribution in [2.24, 2.45) is 11.8 Å². The Morgan fingerprint density at radius 1 is 1.20 bits per heavy atom. The van der Waals surface area contributed by atoms with Gasteiger partial charge in [-0.3, -0.25) is 0 Å². The lowest BCUT2D eigenvalue weighted by atomic mass is 9.92. The van der Waals surface area contributed by atoms with Crippen molar-refractivity contribution in [3.8, 4) is 0 Å². The fraction of sp³-hybridized carbons (Fsp3) is 0.643. The number of nitrogens with zero attached hydrogens (tertiary/aromatic N) is 2. The smallest absolute Gasteiger partial charge is 0.373 e. The summed E-state index contributed by atoms with van der Waals surface area (Å²) in [5.74, 6) is 1.59. The molecule has 112 valence electrons. The van der Waals surface area contributed by atoms with E-state index in [0.717, 1.165) is 31.6 Å². The van der Waals surface area contributed by atoms with Crippen molar-refractivity contribution in [1.29, 1.82) is 0 Å². The van der Waals surface area contributed by atoms with Gasteiger partial charge in [0.15, 0.2) is 0 Å². The first-order valence-corrected chi connectivity index (χ1v) is 6.81. The second-order valence-corrected chi connectivity index (χ2v) is 5.70. The molecule has 0 radical (unpaired) electrons. The van der Waals surface area contributed by atoms with Gasteiger partial charge in [-0.05, 0) is 30.4 Å². The van der Waals surface area contributed by atoms with Crippen LogP contribution in [-0.2, 0) is 6.18 Å². The number of hydrogen-bond acceptors (Lipinski definition) is 3. The molecule has 1 aromatic heterocycles. The van der Waals surface area contributed by atoms with Crippen LogP contribution in [0.5, 0.6) is 0 Å². The Bertz CT molecular complexity index is 463. The molecule has 2 heterocycles. The van der Waals surface area contributed by atoms with Gasteiger partial charge in [0.25, 0.3) is 0 Å². The molecule has 1 aromatic rings. The number of aromatic nitrogens is 1. The summed E-state index contributed by atoms with van der Waals surface area (Å²) >= 11 is 0. The van der Waals surface area contributed by atoms with Crippen molar-refractivity contribution in [2.45, 2.75) is 26.4 Å². The standard InChI is InChI=1S/C14H20F3N3/c1-9-4-10(2)8-20(7-9)13-6-11(14(15,16)17)5-12(18-3)19-13/h5-6,9-10H,4,7-8H2,1-3H3,(H,18,19). The molecular formula is C14H20F3N3. The Hall–Kier alpha value is -1.46. The fourth-order valence-corrected chi connectivity index (χ4v) is 2.82. The molecule has 2 unspecified atom stereocenters. The largest absolute Gasteiger partial charge is 0.416 e. The van der Waals surface area contributed by atoms with Gasteiger partial charge in [0.1, 0.15) is 11.6 Å². The number of alkyl halides is 3. The second-order valence-electron chi connectivity index (χ2n) is 5.70. The SMILES string of the molecule is CNc1cc(C(F)(F)F)cc(N2CC(C)CC(C)C2)n1. The third-order valence-electron chi connectivity index (χ3n) is 3.59. The number of piperidine rings is 1. The van der Waals surface area contributed by atoms with Gasteiger partial charge >= 0.3 is 6.18 Å². The summed E-state index contributed by atoms with van der Waals surface area (Å²) in [7, 11) is 1.58. The molecule has 2 atom stereocenters. The van der Waals surface area contributed by atoms with Crippen molar-refractivity contribution in [3.63, 3.8) is 0 Å². The molecule has 2 rings (SSSR count). The maximum absolute atomic E-state index is 12.9. The normalized spacial score (nSPS) is 23.8. The molecule has 1 saturated heterocycles. The highest BCUT2D eigenvalue weighted by Gasteiger charge is 2.33. The van der Waals surface area contributed by atoms with E-state index in [-0.39, 0.29) is 5.82 Å². The number of anilines is 2. The van der Waals surface area contributed by atoms with Crippen LogP contribution in [0.3, 0.4) is 0 Å². The minimum atomic E-state index is -4.35. The van der Waals surface area contributed by atoms with Crippen LogP contribution in [0.25, 0.3) is 0 Å². The average molecular weight is 287 g/mol. The molecule has 0 saturated carbocycles. The molecule has 0 spiro atoms. The lowest BCUT2D eigenvalue weighted by Crippen LogP contribution is -2.39. The molecule has 20 heavy (non-hydrogen) atoms. The maximum atomic E-state index is 12.9. The van der Waals surface area contributed by atoms with Gasteiger partial charge in [-0.2, -0.15) is 13.2 Å². The van der Waals surface area contributed by atoms with Crippen LogP contribution < -0.4 is 10.2 Å². The summed E-state index contributed by atoms with van der Waals surface area (Å²) in [6, 6.07) is 2.19. The Morgan fingerprint density at radius 3 is 2.30 bits per heavy atom. The Balaban J connectivity index is 2.35. The van der Waals surface area contributed by atoms with E-state index in [2.05, 4.69) is 24.1 Å². The molecule has 1 aliphatic rings. The molecule has 0 aromatic carbocycles. The van der Waals surface area contributed by atoms with Gasteiger partial charge in [-0.1, -0.05) is 13.8 Å². The predicted molar refractivity (Wildman–Crippen MR) is 73.9 cm³/mol. The van der Waals surface area contributed by atoms with Gasteiger partial charge in [0, 0.05) is 20.1 Å². The van der Waals surface area contributed by atoms with E-state index < -0.39 is 11.7 Å². The highest BCUT2D eigenvalue weighted by Crippen LogP contribution is 2.34. The van der Waals surface area contributed by atoms with Gasteiger partial charge in [-0.15, -0.1) is 0 Å². The Kier molecular flexibility index (Phi) is 4.11. The van der Waals surface area contributed by atoms with Gasteiger partial charge in [-0.25, -0.2) is 4.98 Å². The van der Waals surface area contributed by atoms with Crippen molar-refractivity contribution in [3.05, 3.63) is 17.7 Å². The van der Waals surface area contributed by atoms with E-state index in [9.17, 15) is 13.2 Å². The number of halogens is 3. The average Bonchev–Trinajstić information content (AvgIpc) is 2.36. The second kappa shape index (κ2) is 5.50. The minimum Gasteiger partial charge on any atom is -0.373 e. The van der Waals surface area contributed by atoms with Crippen molar-refractivity contribution in [1.82, 2.24) is 4.98 Å². The van der Waals surface area contributed by atoms with Crippen LogP contribution in [0.15, 0.2) is 12.1 Å². The number of hydrogen-bond donors (Lipinski definition) is 1. The molecule has 1 fully saturated rings. The maximum Gasteiger partial charge on any atom is 0.416 e. The summed E-state index contributed by atoms with van der Waals surface area (Å²) in [4.78, 5) is 6.23. The highest BCUT2D eigenvalue weighted by molar-refractivity contribution is 5.51. The highest BCUT2D eigenvalue weighted by atomic mass is 19.4. The van der Waals surface area contributed by atoms with E-state index in [1.807, 2.05) is 4.90 Å². The van der Waals surface area contributed by atoms with E-state index in [0.29, 0.717) is 17.7 Å². The molecule has 0 aliphatic carbocycles. The summed E-state index contributed by atoms with van der Waals surface area (Å²) < 4.78 is 38.8. The Morgan fingerprint density at radius 2 is 1.80 bits per heavy atom. The van der Waals surface area contributed by atoms with Crippen LogP contribution in [-0.4, -0.2) is 25.1 Å². The quantitative estimate of drug-likeness (QED) is 0.900. The summed E-state index contributed by atoms with van der Waals surface area (Å²) in [6.45, 7) is 5.74. The molecule has 1 N–H and O–H groups in total. The van der Waals surface area contributed by atoms with Crippen molar-refractivity contribution in [2.75, 3.05) is 30.4 Å². The van der Waals surface area contributed by atoms with Crippen LogP contribution in [0, 0.1) is 11.8 Å². The zero-order valence-electron chi connectivity index (χ0n) is 12.0. The van der Waals surface area contributed by atoms with Crippen molar-refractivity contribution >= 4 is 11.6 Å². The van der Waals surface area contributed by atoms with E-state index in [1.54, 1.807) is 7.05 Å². The molecule has 1 aliphatic heterocycles. The zero-order chi connectivity index (χ0) is 14.9. The molecule has 0 amide bonds. The number of pyridine rings is 1. The summed E-state index contributed by atoms with van der Waals surface area (Å²) in [5, 5.41) is 2.70. The summed E-state index contributed by atoms with van der Waals surface area (Å²) in [6.07, 6.45) is -3.25. The van der Waals surface area contributed by atoms with Crippen LogP contribution in [0.1, 0.15) is 25.8 Å². The van der Waals surface area contributed by atoms with Gasteiger partial charge < -0.3 is 10.2 Å². The third-order valence-corrected chi connectivity index (χ3v) is 3.59. The lowest BCUT2D eigenvalue weighted by Gasteiger charge is -2.36. The van der Waals surface area contributed by atoms with Crippen LogP contribution >= 0.6 is 0 Å². The third kappa shape index (κ3) is 3.35. The van der Waals surface area contributed by atoms with Gasteiger partial charge in [0.2, 0.25) is 0 Å². The zero-order valence-corrected chi connectivity index (χ0v) is 12.0. The molecule has 3 nitrogen and oxygen atoms in total. The first-order valence-electron chi connectivity index (χ1n) is 6.81. The molecular weight excluding hydrogens is 267 g/mol. The van der Waals surface area contributed by atoms with Crippen LogP contribution in [0.4, 0.5) is 24.8 Å². The minimum absolute atomic E-state index is 0.251. The first-order chi connectivity index (χ1) is 9.29.